The topological polar surface area (TPSA) is 95.9 Å². The quantitative estimate of drug-likeness (QED) is 0.474. The number of nitrogens with one attached hydrogen (secondary N) is 1. The Hall–Kier alpha value is -3.80. The summed E-state index contributed by atoms with van der Waals surface area (Å²) >= 11 is 0. The van der Waals surface area contributed by atoms with Crippen molar-refractivity contribution in [1.29, 1.82) is 0 Å². The molecule has 0 aliphatic heterocycles. The van der Waals surface area contributed by atoms with Gasteiger partial charge < -0.3 is 20.3 Å². The predicted molar refractivity (Wildman–Crippen MR) is 99.7 cm³/mol. The lowest BCUT2D eigenvalue weighted by atomic mass is 10.1. The van der Waals surface area contributed by atoms with Gasteiger partial charge in [-0.3, -0.25) is 4.79 Å². The van der Waals surface area contributed by atoms with Crippen LogP contribution in [-0.2, 0) is 11.3 Å². The van der Waals surface area contributed by atoms with Gasteiger partial charge >= 0.3 is 5.97 Å². The van der Waals surface area contributed by atoms with Crippen LogP contribution in [0.25, 0.3) is 0 Å². The third-order valence-corrected chi connectivity index (χ3v) is 3.82. The molecule has 27 heavy (non-hydrogen) atoms. The van der Waals surface area contributed by atoms with Crippen LogP contribution >= 0.6 is 0 Å². The Morgan fingerprint density at radius 1 is 0.815 bits per heavy atom. The highest BCUT2D eigenvalue weighted by atomic mass is 16.5. The molecule has 1 amide bonds. The van der Waals surface area contributed by atoms with E-state index in [4.69, 9.17) is 4.74 Å². The molecule has 3 aromatic rings. The number of esters is 1. The van der Waals surface area contributed by atoms with Gasteiger partial charge in [0.05, 0.1) is 5.56 Å². The van der Waals surface area contributed by atoms with Crippen molar-refractivity contribution >= 4 is 17.6 Å². The van der Waals surface area contributed by atoms with Crippen LogP contribution in [0.5, 0.6) is 11.5 Å². The number of rotatable bonds is 5. The van der Waals surface area contributed by atoms with E-state index >= 15 is 0 Å². The number of para-hydroxylation sites is 1. The lowest BCUT2D eigenvalue weighted by Crippen LogP contribution is -2.13. The minimum Gasteiger partial charge on any atom is -0.507 e. The summed E-state index contributed by atoms with van der Waals surface area (Å²) in [6.45, 7) is 0.0239. The summed E-state index contributed by atoms with van der Waals surface area (Å²) in [7, 11) is 0. The number of anilines is 1. The average molecular weight is 363 g/mol. The molecule has 0 heterocycles. The molecule has 0 aliphatic rings. The van der Waals surface area contributed by atoms with Gasteiger partial charge in [0.25, 0.3) is 5.91 Å². The zero-order valence-corrected chi connectivity index (χ0v) is 14.3. The van der Waals surface area contributed by atoms with E-state index < -0.39 is 23.4 Å². The van der Waals surface area contributed by atoms with E-state index in [1.807, 2.05) is 18.2 Å². The van der Waals surface area contributed by atoms with Crippen molar-refractivity contribution in [3.05, 3.63) is 89.5 Å². The molecular formula is C21H17NO5. The monoisotopic (exact) mass is 363 g/mol. The van der Waals surface area contributed by atoms with Crippen LogP contribution in [0.15, 0.2) is 72.8 Å². The van der Waals surface area contributed by atoms with Crippen molar-refractivity contribution in [3.8, 4) is 11.5 Å². The molecule has 0 bridgehead atoms. The Kier molecular flexibility index (Phi) is 5.37. The van der Waals surface area contributed by atoms with Crippen LogP contribution < -0.4 is 5.32 Å². The van der Waals surface area contributed by atoms with E-state index in [0.717, 1.165) is 17.7 Å². The predicted octanol–water partition coefficient (Wildman–Crippen LogP) is 3.71. The zero-order chi connectivity index (χ0) is 19.2. The number of benzene rings is 3. The van der Waals surface area contributed by atoms with Crippen molar-refractivity contribution in [1.82, 2.24) is 0 Å². The molecule has 0 saturated heterocycles. The average Bonchev–Trinajstić information content (AvgIpc) is 2.69. The van der Waals surface area contributed by atoms with Crippen LogP contribution in [0.3, 0.4) is 0 Å². The van der Waals surface area contributed by atoms with Gasteiger partial charge in [0, 0.05) is 5.69 Å². The number of ether oxygens (including phenoxy) is 1. The van der Waals surface area contributed by atoms with Gasteiger partial charge in [0.1, 0.15) is 23.7 Å². The van der Waals surface area contributed by atoms with Gasteiger partial charge in [-0.2, -0.15) is 0 Å². The maximum absolute atomic E-state index is 12.3. The van der Waals surface area contributed by atoms with Gasteiger partial charge in [0.2, 0.25) is 0 Å². The van der Waals surface area contributed by atoms with E-state index in [0.29, 0.717) is 5.69 Å². The fraction of sp³-hybridized carbons (Fsp3) is 0.0476. The summed E-state index contributed by atoms with van der Waals surface area (Å²) in [5, 5.41) is 22.8. The summed E-state index contributed by atoms with van der Waals surface area (Å²) in [5.41, 5.74) is 0.941. The Morgan fingerprint density at radius 3 is 2.04 bits per heavy atom. The summed E-state index contributed by atoms with van der Waals surface area (Å²) < 4.78 is 5.14. The molecule has 0 aliphatic carbocycles. The first-order valence-corrected chi connectivity index (χ1v) is 8.18. The molecule has 0 unspecified atom stereocenters. The summed E-state index contributed by atoms with van der Waals surface area (Å²) in [4.78, 5) is 24.4. The maximum Gasteiger partial charge on any atom is 0.342 e. The number of aromatic hydroxyl groups is 2. The van der Waals surface area contributed by atoms with Gasteiger partial charge in [-0.05, 0) is 29.8 Å². The molecule has 6 heteroatoms. The number of phenolic OH excluding ortho intramolecular Hbond substituents is 2. The summed E-state index contributed by atoms with van der Waals surface area (Å²) in [6, 6.07) is 19.8. The van der Waals surface area contributed by atoms with Gasteiger partial charge in [0.15, 0.2) is 0 Å². The third-order valence-electron chi connectivity index (χ3n) is 3.82. The first kappa shape index (κ1) is 18.0. The smallest absolute Gasteiger partial charge is 0.342 e. The largest absolute Gasteiger partial charge is 0.507 e. The second-order valence-electron chi connectivity index (χ2n) is 5.77. The van der Waals surface area contributed by atoms with E-state index in [1.54, 1.807) is 42.5 Å². The lowest BCUT2D eigenvalue weighted by Gasteiger charge is -2.11. The van der Waals surface area contributed by atoms with Crippen molar-refractivity contribution < 1.29 is 24.5 Å². The molecule has 3 N–H and O–H groups in total. The van der Waals surface area contributed by atoms with Crippen LogP contribution in [0.2, 0.25) is 0 Å². The maximum atomic E-state index is 12.3. The van der Waals surface area contributed by atoms with Gasteiger partial charge in [-0.25, -0.2) is 4.79 Å². The van der Waals surface area contributed by atoms with E-state index in [1.165, 1.54) is 0 Å². The third kappa shape index (κ3) is 4.43. The van der Waals surface area contributed by atoms with Crippen molar-refractivity contribution in [2.45, 2.75) is 6.61 Å². The minimum atomic E-state index is -0.804. The normalized spacial score (nSPS) is 10.2. The van der Waals surface area contributed by atoms with Crippen LogP contribution in [0.4, 0.5) is 5.69 Å². The SMILES string of the molecule is O=C(Nc1ccccc1)c1cc(O)c(C(=O)OCc2ccccc2)cc1O. The van der Waals surface area contributed by atoms with Crippen LogP contribution in [-0.4, -0.2) is 22.1 Å². The fourth-order valence-corrected chi connectivity index (χ4v) is 2.44. The lowest BCUT2D eigenvalue weighted by molar-refractivity contribution is 0.0468. The van der Waals surface area contributed by atoms with E-state index in [9.17, 15) is 19.8 Å². The van der Waals surface area contributed by atoms with Crippen LogP contribution in [0, 0.1) is 0 Å². The summed E-state index contributed by atoms with van der Waals surface area (Å²) in [6.07, 6.45) is 0. The standard InChI is InChI=1S/C21H17NO5/c23-18-12-17(21(26)27-13-14-7-3-1-4-8-14)19(24)11-16(18)20(25)22-15-9-5-2-6-10-15/h1-12,23-24H,13H2,(H,22,25). The van der Waals surface area contributed by atoms with Crippen molar-refractivity contribution in [2.24, 2.45) is 0 Å². The number of phenols is 2. The second-order valence-corrected chi connectivity index (χ2v) is 5.77. The Bertz CT molecular complexity index is 955. The Morgan fingerprint density at radius 2 is 1.37 bits per heavy atom. The number of hydrogen-bond acceptors (Lipinski definition) is 5. The fourth-order valence-electron chi connectivity index (χ4n) is 2.44. The Labute approximate surface area is 155 Å². The van der Waals surface area contributed by atoms with Gasteiger partial charge in [-0.15, -0.1) is 0 Å². The number of carbonyl (C=O) groups is 2. The first-order chi connectivity index (χ1) is 13.0. The molecule has 0 radical (unpaired) electrons. The molecular weight excluding hydrogens is 346 g/mol. The number of amides is 1. The Balaban J connectivity index is 1.74. The molecule has 0 atom stereocenters. The van der Waals surface area contributed by atoms with Crippen molar-refractivity contribution in [2.75, 3.05) is 5.32 Å². The van der Waals surface area contributed by atoms with E-state index in [-0.39, 0.29) is 17.7 Å². The molecule has 0 saturated carbocycles. The van der Waals surface area contributed by atoms with Gasteiger partial charge in [-0.1, -0.05) is 48.5 Å². The second kappa shape index (κ2) is 8.05. The molecule has 3 aromatic carbocycles. The molecule has 136 valence electrons. The number of carbonyl (C=O) groups excluding carboxylic acids is 2. The van der Waals surface area contributed by atoms with Crippen LogP contribution in [0.1, 0.15) is 26.3 Å². The molecule has 0 spiro atoms. The summed E-state index contributed by atoms with van der Waals surface area (Å²) in [5.74, 6) is -2.31. The highest BCUT2D eigenvalue weighted by molar-refractivity contribution is 6.07. The highest BCUT2D eigenvalue weighted by Gasteiger charge is 2.20. The molecule has 0 aromatic heterocycles. The molecule has 6 nitrogen and oxygen atoms in total. The van der Waals surface area contributed by atoms with E-state index in [2.05, 4.69) is 5.32 Å². The number of hydrogen-bond donors (Lipinski definition) is 3. The molecule has 3 rings (SSSR count). The van der Waals surface area contributed by atoms with Crippen molar-refractivity contribution in [3.63, 3.8) is 0 Å². The zero-order valence-electron chi connectivity index (χ0n) is 14.3. The first-order valence-electron chi connectivity index (χ1n) is 8.18. The minimum absolute atomic E-state index is 0.0239. The highest BCUT2D eigenvalue weighted by Crippen LogP contribution is 2.29. The molecule has 0 fully saturated rings.